The second-order valence-corrected chi connectivity index (χ2v) is 8.51. The first-order chi connectivity index (χ1) is 15.5. The number of hydrogen-bond donors (Lipinski definition) is 0. The lowest BCUT2D eigenvalue weighted by molar-refractivity contribution is -0.384. The van der Waals surface area contributed by atoms with Crippen molar-refractivity contribution in [3.8, 4) is 5.75 Å². The molecule has 0 aliphatic carbocycles. The standard InChI is InChI=1S/C23H23N3O5S/c1-15-8-10-19(30-2)21-22(15)32-23(24-21)25(14-18-7-4-12-31-18)20(27)11-9-16-5-3-6-17(13-16)26(28)29/h3,5-6,8-11,13,18H,4,7,12,14H2,1-2H3/b11-9+. The third-order valence-electron chi connectivity index (χ3n) is 5.32. The Kier molecular flexibility index (Phi) is 6.48. The number of carbonyl (C=O) groups is 1. The summed E-state index contributed by atoms with van der Waals surface area (Å²) in [5.74, 6) is 0.396. The Bertz CT molecular complexity index is 1180. The first-order valence-corrected chi connectivity index (χ1v) is 11.1. The lowest BCUT2D eigenvalue weighted by Crippen LogP contribution is -2.36. The van der Waals surface area contributed by atoms with Crippen LogP contribution in [0.1, 0.15) is 24.0 Å². The third kappa shape index (κ3) is 4.63. The number of benzene rings is 2. The summed E-state index contributed by atoms with van der Waals surface area (Å²) in [7, 11) is 1.60. The average Bonchev–Trinajstić information content (AvgIpc) is 3.47. The van der Waals surface area contributed by atoms with Gasteiger partial charge in [-0.15, -0.1) is 0 Å². The quantitative estimate of drug-likeness (QED) is 0.291. The molecule has 1 fully saturated rings. The Morgan fingerprint density at radius 2 is 2.25 bits per heavy atom. The van der Waals surface area contributed by atoms with Crippen LogP contribution in [0.25, 0.3) is 16.3 Å². The largest absolute Gasteiger partial charge is 0.494 e. The summed E-state index contributed by atoms with van der Waals surface area (Å²) in [4.78, 5) is 30.1. The van der Waals surface area contributed by atoms with E-state index in [4.69, 9.17) is 14.5 Å². The minimum absolute atomic E-state index is 0.0236. The van der Waals surface area contributed by atoms with E-state index in [1.165, 1.54) is 29.5 Å². The van der Waals surface area contributed by atoms with Gasteiger partial charge in [0.1, 0.15) is 11.3 Å². The molecule has 8 nitrogen and oxygen atoms in total. The number of anilines is 1. The van der Waals surface area contributed by atoms with Crippen LogP contribution in [0.3, 0.4) is 0 Å². The minimum Gasteiger partial charge on any atom is -0.494 e. The van der Waals surface area contributed by atoms with Crippen molar-refractivity contribution in [3.05, 3.63) is 63.7 Å². The second kappa shape index (κ2) is 9.46. The molecule has 2 heterocycles. The zero-order valence-corrected chi connectivity index (χ0v) is 18.6. The van der Waals surface area contributed by atoms with Crippen molar-refractivity contribution < 1.29 is 19.2 Å². The highest BCUT2D eigenvalue weighted by atomic mass is 32.1. The lowest BCUT2D eigenvalue weighted by Gasteiger charge is -2.21. The van der Waals surface area contributed by atoms with Crippen LogP contribution in [0.4, 0.5) is 10.8 Å². The number of nitro groups is 1. The number of hydrogen-bond acceptors (Lipinski definition) is 7. The van der Waals surface area contributed by atoms with Crippen molar-refractivity contribution in [2.24, 2.45) is 0 Å². The topological polar surface area (TPSA) is 94.8 Å². The number of thiazole rings is 1. The molecule has 1 aliphatic rings. The fraction of sp³-hybridized carbons (Fsp3) is 0.304. The summed E-state index contributed by atoms with van der Waals surface area (Å²) in [5.41, 5.74) is 2.33. The number of non-ortho nitro benzene ring substituents is 1. The zero-order chi connectivity index (χ0) is 22.7. The van der Waals surface area contributed by atoms with Crippen molar-refractivity contribution in [1.82, 2.24) is 4.98 Å². The van der Waals surface area contributed by atoms with Crippen molar-refractivity contribution in [2.45, 2.75) is 25.9 Å². The molecule has 1 unspecified atom stereocenters. The molecule has 166 valence electrons. The number of rotatable bonds is 7. The van der Waals surface area contributed by atoms with Crippen molar-refractivity contribution in [1.29, 1.82) is 0 Å². The average molecular weight is 454 g/mol. The maximum atomic E-state index is 13.2. The van der Waals surface area contributed by atoms with Crippen molar-refractivity contribution >= 4 is 44.4 Å². The van der Waals surface area contributed by atoms with E-state index in [2.05, 4.69) is 0 Å². The van der Waals surface area contributed by atoms with Crippen LogP contribution < -0.4 is 9.64 Å². The summed E-state index contributed by atoms with van der Waals surface area (Å²) < 4.78 is 12.2. The van der Waals surface area contributed by atoms with Gasteiger partial charge in [0.05, 0.1) is 29.4 Å². The number of aryl methyl sites for hydroxylation is 1. The van der Waals surface area contributed by atoms with Gasteiger partial charge < -0.3 is 9.47 Å². The predicted molar refractivity (Wildman–Crippen MR) is 124 cm³/mol. The molecule has 1 saturated heterocycles. The van der Waals surface area contributed by atoms with Crippen LogP contribution in [0.2, 0.25) is 0 Å². The van der Waals surface area contributed by atoms with Gasteiger partial charge in [-0.2, -0.15) is 0 Å². The van der Waals surface area contributed by atoms with Crippen LogP contribution in [0.5, 0.6) is 5.75 Å². The van der Waals surface area contributed by atoms with Crippen LogP contribution in [-0.4, -0.2) is 42.2 Å². The first kappa shape index (κ1) is 21.9. The predicted octanol–water partition coefficient (Wildman–Crippen LogP) is 4.75. The van der Waals surface area contributed by atoms with E-state index in [0.717, 1.165) is 28.6 Å². The monoisotopic (exact) mass is 453 g/mol. The maximum Gasteiger partial charge on any atom is 0.270 e. The van der Waals surface area contributed by atoms with Gasteiger partial charge in [-0.25, -0.2) is 4.98 Å². The highest BCUT2D eigenvalue weighted by Gasteiger charge is 2.26. The highest BCUT2D eigenvalue weighted by molar-refractivity contribution is 7.22. The van der Waals surface area contributed by atoms with E-state index in [1.54, 1.807) is 30.2 Å². The number of ether oxygens (including phenoxy) is 2. The maximum absolute atomic E-state index is 13.2. The molecule has 4 rings (SSSR count). The van der Waals surface area contributed by atoms with E-state index < -0.39 is 4.92 Å². The Morgan fingerprint density at radius 3 is 2.97 bits per heavy atom. The second-order valence-electron chi connectivity index (χ2n) is 7.53. The van der Waals surface area contributed by atoms with Crippen molar-refractivity contribution in [3.63, 3.8) is 0 Å². The van der Waals surface area contributed by atoms with Gasteiger partial charge >= 0.3 is 0 Å². The van der Waals surface area contributed by atoms with E-state index in [9.17, 15) is 14.9 Å². The van der Waals surface area contributed by atoms with E-state index in [-0.39, 0.29) is 17.7 Å². The SMILES string of the molecule is COc1ccc(C)c2sc(N(CC3CCCO3)C(=O)/C=C/c3cccc([N+](=O)[O-])c3)nc12. The Balaban J connectivity index is 1.67. The van der Waals surface area contributed by atoms with Gasteiger partial charge in [-0.05, 0) is 43.0 Å². The molecule has 0 bridgehead atoms. The normalized spacial score (nSPS) is 16.0. The van der Waals surface area contributed by atoms with Gasteiger partial charge in [0, 0.05) is 24.8 Å². The summed E-state index contributed by atoms with van der Waals surface area (Å²) in [6, 6.07) is 10.00. The number of carbonyl (C=O) groups excluding carboxylic acids is 1. The van der Waals surface area contributed by atoms with Crippen LogP contribution in [-0.2, 0) is 9.53 Å². The molecular formula is C23H23N3O5S. The summed E-state index contributed by atoms with van der Waals surface area (Å²) in [6.07, 6.45) is 4.79. The van der Waals surface area contributed by atoms with Gasteiger partial charge in [0.15, 0.2) is 5.13 Å². The molecule has 2 aromatic carbocycles. The first-order valence-electron chi connectivity index (χ1n) is 10.3. The zero-order valence-electron chi connectivity index (χ0n) is 17.8. The molecule has 1 aliphatic heterocycles. The Hall–Kier alpha value is -3.30. The molecule has 0 saturated carbocycles. The minimum atomic E-state index is -0.459. The molecule has 0 radical (unpaired) electrons. The molecule has 3 aromatic rings. The fourth-order valence-corrected chi connectivity index (χ4v) is 4.70. The number of fused-ring (bicyclic) bond motifs is 1. The number of amides is 1. The number of methoxy groups -OCH3 is 1. The van der Waals surface area contributed by atoms with E-state index in [0.29, 0.717) is 29.6 Å². The van der Waals surface area contributed by atoms with Gasteiger partial charge in [-0.1, -0.05) is 29.5 Å². The van der Waals surface area contributed by atoms with Crippen LogP contribution in [0.15, 0.2) is 42.5 Å². The molecular weight excluding hydrogens is 430 g/mol. The number of aromatic nitrogens is 1. The summed E-state index contributed by atoms with van der Waals surface area (Å²) in [6.45, 7) is 3.07. The van der Waals surface area contributed by atoms with Crippen LogP contribution >= 0.6 is 11.3 Å². The molecule has 0 N–H and O–H groups in total. The summed E-state index contributed by atoms with van der Waals surface area (Å²) in [5, 5.41) is 11.6. The lowest BCUT2D eigenvalue weighted by atomic mass is 10.2. The fourth-order valence-electron chi connectivity index (χ4n) is 3.63. The number of nitrogens with zero attached hydrogens (tertiary/aromatic N) is 3. The third-order valence-corrected chi connectivity index (χ3v) is 6.53. The van der Waals surface area contributed by atoms with Crippen molar-refractivity contribution in [2.75, 3.05) is 25.2 Å². The molecule has 9 heteroatoms. The molecule has 32 heavy (non-hydrogen) atoms. The molecule has 1 amide bonds. The highest BCUT2D eigenvalue weighted by Crippen LogP contribution is 2.37. The van der Waals surface area contributed by atoms with E-state index in [1.807, 2.05) is 19.1 Å². The Labute approximate surface area is 189 Å². The number of nitro benzene ring substituents is 1. The van der Waals surface area contributed by atoms with Gasteiger partial charge in [0.2, 0.25) is 0 Å². The Morgan fingerprint density at radius 1 is 1.41 bits per heavy atom. The summed E-state index contributed by atoms with van der Waals surface area (Å²) >= 11 is 1.44. The van der Waals surface area contributed by atoms with Gasteiger partial charge in [0.25, 0.3) is 11.6 Å². The molecule has 0 spiro atoms. The molecule has 1 aromatic heterocycles. The molecule has 1 atom stereocenters. The van der Waals surface area contributed by atoms with E-state index >= 15 is 0 Å². The van der Waals surface area contributed by atoms with Gasteiger partial charge in [-0.3, -0.25) is 19.8 Å². The van der Waals surface area contributed by atoms with Crippen LogP contribution in [0, 0.1) is 17.0 Å². The smallest absolute Gasteiger partial charge is 0.270 e.